The van der Waals surface area contributed by atoms with Crippen LogP contribution in [0.4, 0.5) is 0 Å². The number of carbonyl (C=O) groups is 2. The molecular formula is C15H25NO3. The molecule has 0 heterocycles. The van der Waals surface area contributed by atoms with E-state index in [2.05, 4.69) is 12.2 Å². The van der Waals surface area contributed by atoms with Gasteiger partial charge in [-0.15, -0.1) is 0 Å². The molecule has 0 aromatic rings. The normalized spacial score (nSPS) is 32.5. The summed E-state index contributed by atoms with van der Waals surface area (Å²) in [5.41, 5.74) is 0. The molecule has 2 N–H and O–H groups in total. The van der Waals surface area contributed by atoms with Crippen LogP contribution in [0.1, 0.15) is 58.3 Å². The van der Waals surface area contributed by atoms with Gasteiger partial charge in [-0.2, -0.15) is 0 Å². The molecule has 2 fully saturated rings. The zero-order valence-corrected chi connectivity index (χ0v) is 11.7. The van der Waals surface area contributed by atoms with Crippen molar-refractivity contribution < 1.29 is 14.7 Å². The summed E-state index contributed by atoms with van der Waals surface area (Å²) in [5.74, 6) is -0.361. The molecule has 2 saturated carbocycles. The summed E-state index contributed by atoms with van der Waals surface area (Å²) < 4.78 is 0. The maximum absolute atomic E-state index is 11.9. The summed E-state index contributed by atoms with van der Waals surface area (Å²) in [4.78, 5) is 23.2. The van der Waals surface area contributed by atoms with Crippen LogP contribution in [0.25, 0.3) is 0 Å². The second kappa shape index (κ2) is 6.40. The number of carboxylic acids is 1. The standard InChI is InChI=1S/C15H25NO3/c1-2-3-4-5-6-12(17)16-14-11-8-7-10(9-11)13(14)15(18)19/h10-11,13-14H,2-9H2,1H3,(H,16,17)(H,18,19). The molecule has 2 aliphatic rings. The van der Waals surface area contributed by atoms with Crippen LogP contribution in [0, 0.1) is 17.8 Å². The van der Waals surface area contributed by atoms with E-state index >= 15 is 0 Å². The van der Waals surface area contributed by atoms with Gasteiger partial charge in [0.25, 0.3) is 0 Å². The summed E-state index contributed by atoms with van der Waals surface area (Å²) in [7, 11) is 0. The largest absolute Gasteiger partial charge is 0.481 e. The lowest BCUT2D eigenvalue weighted by Crippen LogP contribution is -2.46. The Morgan fingerprint density at radius 3 is 2.58 bits per heavy atom. The third-order valence-corrected chi connectivity index (χ3v) is 4.79. The van der Waals surface area contributed by atoms with Crippen molar-refractivity contribution in [3.63, 3.8) is 0 Å². The maximum atomic E-state index is 11.9. The first-order chi connectivity index (χ1) is 9.13. The van der Waals surface area contributed by atoms with Gasteiger partial charge in [-0.25, -0.2) is 0 Å². The minimum absolute atomic E-state index is 0.0416. The summed E-state index contributed by atoms with van der Waals surface area (Å²) in [6, 6.07) is -0.116. The fourth-order valence-electron chi connectivity index (χ4n) is 3.82. The number of amides is 1. The van der Waals surface area contributed by atoms with E-state index in [1.807, 2.05) is 0 Å². The minimum atomic E-state index is -0.733. The Labute approximate surface area is 115 Å². The molecule has 19 heavy (non-hydrogen) atoms. The first-order valence-corrected chi connectivity index (χ1v) is 7.65. The van der Waals surface area contributed by atoms with Gasteiger partial charge in [0.1, 0.15) is 0 Å². The van der Waals surface area contributed by atoms with E-state index in [0.717, 1.165) is 38.5 Å². The molecule has 4 atom stereocenters. The molecule has 2 aliphatic carbocycles. The number of hydrogen-bond donors (Lipinski definition) is 2. The fourth-order valence-corrected chi connectivity index (χ4v) is 3.82. The highest BCUT2D eigenvalue weighted by atomic mass is 16.4. The van der Waals surface area contributed by atoms with Crippen molar-refractivity contribution in [2.24, 2.45) is 17.8 Å². The molecule has 4 unspecified atom stereocenters. The summed E-state index contributed by atoms with van der Waals surface area (Å²) >= 11 is 0. The van der Waals surface area contributed by atoms with E-state index in [1.165, 1.54) is 6.42 Å². The number of rotatable bonds is 7. The number of carboxylic acid groups (broad SMARTS) is 1. The Morgan fingerprint density at radius 1 is 1.16 bits per heavy atom. The molecule has 0 aliphatic heterocycles. The van der Waals surface area contributed by atoms with Gasteiger partial charge in [0, 0.05) is 12.5 Å². The number of fused-ring (bicyclic) bond motifs is 2. The van der Waals surface area contributed by atoms with Gasteiger partial charge >= 0.3 is 5.97 Å². The lowest BCUT2D eigenvalue weighted by molar-refractivity contribution is -0.144. The first-order valence-electron chi connectivity index (χ1n) is 7.65. The molecule has 2 rings (SSSR count). The SMILES string of the molecule is CCCCCCC(=O)NC1C2CCC(C2)C1C(=O)O. The quantitative estimate of drug-likeness (QED) is 0.697. The van der Waals surface area contributed by atoms with Gasteiger partial charge in [0.15, 0.2) is 0 Å². The van der Waals surface area contributed by atoms with Crippen LogP contribution in [0.5, 0.6) is 0 Å². The Kier molecular flexibility index (Phi) is 4.83. The van der Waals surface area contributed by atoms with Crippen LogP contribution in [0.3, 0.4) is 0 Å². The van der Waals surface area contributed by atoms with Gasteiger partial charge < -0.3 is 10.4 Å². The predicted octanol–water partition coefficient (Wildman–Crippen LogP) is 2.57. The average Bonchev–Trinajstić information content (AvgIpc) is 2.95. The highest BCUT2D eigenvalue weighted by molar-refractivity contribution is 5.78. The highest BCUT2D eigenvalue weighted by Crippen LogP contribution is 2.48. The molecule has 2 bridgehead atoms. The van der Waals surface area contributed by atoms with Gasteiger partial charge in [-0.05, 0) is 37.5 Å². The number of hydrogen-bond acceptors (Lipinski definition) is 2. The molecule has 0 aromatic heterocycles. The highest BCUT2D eigenvalue weighted by Gasteiger charge is 2.51. The fraction of sp³-hybridized carbons (Fsp3) is 0.867. The minimum Gasteiger partial charge on any atom is -0.481 e. The van der Waals surface area contributed by atoms with Crippen molar-refractivity contribution in [2.45, 2.75) is 64.3 Å². The van der Waals surface area contributed by atoms with Crippen molar-refractivity contribution in [3.8, 4) is 0 Å². The van der Waals surface area contributed by atoms with Crippen LogP contribution in [0.15, 0.2) is 0 Å². The molecule has 1 amide bonds. The second-order valence-electron chi connectivity index (χ2n) is 6.10. The van der Waals surface area contributed by atoms with Crippen molar-refractivity contribution in [1.29, 1.82) is 0 Å². The van der Waals surface area contributed by atoms with Crippen molar-refractivity contribution >= 4 is 11.9 Å². The Balaban J connectivity index is 1.80. The summed E-state index contributed by atoms with van der Waals surface area (Å²) in [5, 5.41) is 12.3. The van der Waals surface area contributed by atoms with Crippen molar-refractivity contribution in [3.05, 3.63) is 0 Å². The van der Waals surface area contributed by atoms with Crippen molar-refractivity contribution in [1.82, 2.24) is 5.32 Å². The summed E-state index contributed by atoms with van der Waals surface area (Å²) in [6.45, 7) is 2.15. The molecule has 4 heteroatoms. The second-order valence-corrected chi connectivity index (χ2v) is 6.10. The number of unbranched alkanes of at least 4 members (excludes halogenated alkanes) is 3. The Hall–Kier alpha value is -1.06. The van der Waals surface area contributed by atoms with E-state index in [4.69, 9.17) is 0 Å². The number of aliphatic carboxylic acids is 1. The zero-order valence-electron chi connectivity index (χ0n) is 11.7. The molecule has 0 aromatic carbocycles. The molecule has 4 nitrogen and oxygen atoms in total. The van der Waals surface area contributed by atoms with Crippen LogP contribution < -0.4 is 5.32 Å². The molecule has 0 spiro atoms. The summed E-state index contributed by atoms with van der Waals surface area (Å²) in [6.07, 6.45) is 7.95. The monoisotopic (exact) mass is 267 g/mol. The molecule has 108 valence electrons. The molecule has 0 radical (unpaired) electrons. The van der Waals surface area contributed by atoms with E-state index in [9.17, 15) is 14.7 Å². The van der Waals surface area contributed by atoms with Gasteiger partial charge in [-0.1, -0.05) is 26.2 Å². The molecular weight excluding hydrogens is 242 g/mol. The van der Waals surface area contributed by atoms with Gasteiger partial charge in [0.2, 0.25) is 5.91 Å². The molecule has 0 saturated heterocycles. The average molecular weight is 267 g/mol. The van der Waals surface area contributed by atoms with Crippen LogP contribution in [-0.4, -0.2) is 23.0 Å². The van der Waals surface area contributed by atoms with Gasteiger partial charge in [-0.3, -0.25) is 9.59 Å². The third-order valence-electron chi connectivity index (χ3n) is 4.79. The van der Waals surface area contributed by atoms with E-state index in [-0.39, 0.29) is 23.8 Å². The number of nitrogens with one attached hydrogen (secondary N) is 1. The Morgan fingerprint density at radius 2 is 1.89 bits per heavy atom. The van der Waals surface area contributed by atoms with E-state index in [0.29, 0.717) is 12.3 Å². The maximum Gasteiger partial charge on any atom is 0.308 e. The van der Waals surface area contributed by atoms with Crippen LogP contribution in [0.2, 0.25) is 0 Å². The third kappa shape index (κ3) is 3.28. The lowest BCUT2D eigenvalue weighted by Gasteiger charge is -2.28. The van der Waals surface area contributed by atoms with E-state index in [1.54, 1.807) is 0 Å². The van der Waals surface area contributed by atoms with Crippen LogP contribution in [-0.2, 0) is 9.59 Å². The zero-order chi connectivity index (χ0) is 13.8. The first kappa shape index (κ1) is 14.4. The van der Waals surface area contributed by atoms with E-state index < -0.39 is 5.97 Å². The lowest BCUT2D eigenvalue weighted by atomic mass is 9.84. The Bertz CT molecular complexity index is 342. The van der Waals surface area contributed by atoms with Gasteiger partial charge in [0.05, 0.1) is 5.92 Å². The van der Waals surface area contributed by atoms with Crippen molar-refractivity contribution in [2.75, 3.05) is 0 Å². The topological polar surface area (TPSA) is 66.4 Å². The van der Waals surface area contributed by atoms with Crippen LogP contribution >= 0.6 is 0 Å². The smallest absolute Gasteiger partial charge is 0.308 e. The predicted molar refractivity (Wildman–Crippen MR) is 72.6 cm³/mol. The number of carbonyl (C=O) groups excluding carboxylic acids is 1.